The summed E-state index contributed by atoms with van der Waals surface area (Å²) >= 11 is 3.77. The highest BCUT2D eigenvalue weighted by atomic mass is 79.9. The van der Waals surface area contributed by atoms with Crippen molar-refractivity contribution in [3.63, 3.8) is 0 Å². The minimum absolute atomic E-state index is 0.430. The van der Waals surface area contributed by atoms with Crippen molar-refractivity contribution in [1.29, 1.82) is 0 Å². The van der Waals surface area contributed by atoms with E-state index in [4.69, 9.17) is 9.47 Å². The summed E-state index contributed by atoms with van der Waals surface area (Å²) < 4.78 is 11.8. The highest BCUT2D eigenvalue weighted by Crippen LogP contribution is 2.51. The van der Waals surface area contributed by atoms with Gasteiger partial charge in [-0.05, 0) is 50.9 Å². The fourth-order valence-corrected chi connectivity index (χ4v) is 4.65. The van der Waals surface area contributed by atoms with E-state index >= 15 is 0 Å². The van der Waals surface area contributed by atoms with Gasteiger partial charge in [-0.25, -0.2) is 0 Å². The van der Waals surface area contributed by atoms with Crippen LogP contribution in [0, 0.1) is 11.3 Å². The number of hydrogen-bond donors (Lipinski definition) is 0. The first-order chi connectivity index (χ1) is 8.84. The van der Waals surface area contributed by atoms with Crippen LogP contribution in [0.25, 0.3) is 0 Å². The van der Waals surface area contributed by atoms with Gasteiger partial charge < -0.3 is 9.47 Å². The Bertz CT molecular complexity index is 274. The molecule has 104 valence electrons. The van der Waals surface area contributed by atoms with Crippen molar-refractivity contribution in [2.75, 3.05) is 18.5 Å². The summed E-state index contributed by atoms with van der Waals surface area (Å²) in [5.41, 5.74) is 0.430. The van der Waals surface area contributed by atoms with Gasteiger partial charge in [0.15, 0.2) is 0 Å². The highest BCUT2D eigenvalue weighted by molar-refractivity contribution is 9.09. The van der Waals surface area contributed by atoms with E-state index in [-0.39, 0.29) is 0 Å². The molecule has 3 fully saturated rings. The predicted octanol–water partition coefficient (Wildman–Crippen LogP) is 3.92. The molecule has 3 atom stereocenters. The van der Waals surface area contributed by atoms with Gasteiger partial charge in [0.05, 0.1) is 12.2 Å². The van der Waals surface area contributed by atoms with Gasteiger partial charge in [0, 0.05) is 24.0 Å². The predicted molar refractivity (Wildman–Crippen MR) is 76.1 cm³/mol. The number of hydrogen-bond acceptors (Lipinski definition) is 2. The summed E-state index contributed by atoms with van der Waals surface area (Å²) in [4.78, 5) is 0. The van der Waals surface area contributed by atoms with Gasteiger partial charge >= 0.3 is 0 Å². The molecule has 1 aliphatic carbocycles. The molecule has 0 amide bonds. The molecule has 3 rings (SSSR count). The third-order valence-corrected chi connectivity index (χ3v) is 6.16. The molecule has 0 spiro atoms. The average molecular weight is 317 g/mol. The lowest BCUT2D eigenvalue weighted by Crippen LogP contribution is -2.34. The molecule has 2 saturated heterocycles. The molecule has 0 aromatic carbocycles. The summed E-state index contributed by atoms with van der Waals surface area (Å²) in [7, 11) is 0. The Morgan fingerprint density at radius 1 is 1.11 bits per heavy atom. The summed E-state index contributed by atoms with van der Waals surface area (Å²) in [5.74, 6) is 0.868. The standard InChI is InChI=1S/C15H25BrO2/c16-11-15(7-1-3-13-4-2-9-17-13)8-10-18-14(15)12-5-6-12/h12-14H,1-11H2. The summed E-state index contributed by atoms with van der Waals surface area (Å²) in [6, 6.07) is 0. The van der Waals surface area contributed by atoms with Gasteiger partial charge in [0.25, 0.3) is 0 Å². The van der Waals surface area contributed by atoms with Gasteiger partial charge in [-0.15, -0.1) is 0 Å². The molecule has 3 aliphatic rings. The fraction of sp³-hybridized carbons (Fsp3) is 1.00. The smallest absolute Gasteiger partial charge is 0.0668 e. The van der Waals surface area contributed by atoms with Crippen molar-refractivity contribution in [1.82, 2.24) is 0 Å². The molecule has 2 heterocycles. The van der Waals surface area contributed by atoms with E-state index in [0.717, 1.165) is 24.5 Å². The molecule has 0 aromatic heterocycles. The van der Waals surface area contributed by atoms with Crippen molar-refractivity contribution in [3.05, 3.63) is 0 Å². The average Bonchev–Trinajstić information content (AvgIpc) is 2.93. The second-order valence-electron chi connectivity index (χ2n) is 6.40. The van der Waals surface area contributed by atoms with Crippen LogP contribution in [0.3, 0.4) is 0 Å². The van der Waals surface area contributed by atoms with Crippen LogP contribution >= 0.6 is 15.9 Å². The summed E-state index contributed by atoms with van der Waals surface area (Å²) in [6.07, 6.45) is 11.6. The molecule has 0 aromatic rings. The van der Waals surface area contributed by atoms with E-state index in [9.17, 15) is 0 Å². The van der Waals surface area contributed by atoms with Crippen molar-refractivity contribution in [2.45, 2.75) is 63.6 Å². The Labute approximate surface area is 119 Å². The van der Waals surface area contributed by atoms with Crippen molar-refractivity contribution in [2.24, 2.45) is 11.3 Å². The van der Waals surface area contributed by atoms with Crippen LogP contribution in [0.5, 0.6) is 0 Å². The Hall–Kier alpha value is 0.400. The van der Waals surface area contributed by atoms with Crippen LogP contribution in [0.2, 0.25) is 0 Å². The summed E-state index contributed by atoms with van der Waals surface area (Å²) in [5, 5.41) is 1.12. The Morgan fingerprint density at radius 3 is 2.67 bits per heavy atom. The van der Waals surface area contributed by atoms with Crippen molar-refractivity contribution in [3.8, 4) is 0 Å². The van der Waals surface area contributed by atoms with E-state index in [1.165, 1.54) is 51.4 Å². The maximum Gasteiger partial charge on any atom is 0.0668 e. The van der Waals surface area contributed by atoms with E-state index < -0.39 is 0 Å². The minimum Gasteiger partial charge on any atom is -0.378 e. The zero-order valence-electron chi connectivity index (χ0n) is 11.2. The monoisotopic (exact) mass is 316 g/mol. The maximum atomic E-state index is 6.05. The molecular weight excluding hydrogens is 292 g/mol. The van der Waals surface area contributed by atoms with Crippen molar-refractivity contribution < 1.29 is 9.47 Å². The third-order valence-electron chi connectivity index (χ3n) is 5.04. The van der Waals surface area contributed by atoms with Gasteiger partial charge in [0.2, 0.25) is 0 Å². The SMILES string of the molecule is BrCC1(CCCC2CCCO2)CCOC1C1CC1. The Balaban J connectivity index is 1.50. The van der Waals surface area contributed by atoms with Crippen LogP contribution in [-0.4, -0.2) is 30.8 Å². The molecule has 0 bridgehead atoms. The van der Waals surface area contributed by atoms with E-state index in [1.54, 1.807) is 0 Å². The molecule has 18 heavy (non-hydrogen) atoms. The van der Waals surface area contributed by atoms with E-state index in [2.05, 4.69) is 15.9 Å². The maximum absolute atomic E-state index is 6.05. The second-order valence-corrected chi connectivity index (χ2v) is 6.96. The molecule has 0 radical (unpaired) electrons. The van der Waals surface area contributed by atoms with E-state index in [1.807, 2.05) is 0 Å². The zero-order valence-corrected chi connectivity index (χ0v) is 12.8. The zero-order chi connectivity index (χ0) is 12.4. The first-order valence-electron chi connectivity index (χ1n) is 7.63. The molecule has 3 unspecified atom stereocenters. The molecular formula is C15H25BrO2. The number of ether oxygens (including phenoxy) is 2. The second kappa shape index (κ2) is 5.80. The topological polar surface area (TPSA) is 18.5 Å². The van der Waals surface area contributed by atoms with E-state index in [0.29, 0.717) is 17.6 Å². The normalized spacial score (nSPS) is 40.5. The van der Waals surface area contributed by atoms with Crippen LogP contribution in [-0.2, 0) is 9.47 Å². The number of alkyl halides is 1. The number of rotatable bonds is 6. The third kappa shape index (κ3) is 2.78. The van der Waals surface area contributed by atoms with Crippen LogP contribution in [0.4, 0.5) is 0 Å². The lowest BCUT2D eigenvalue weighted by atomic mass is 9.76. The Kier molecular flexibility index (Phi) is 4.32. The fourth-order valence-electron chi connectivity index (χ4n) is 3.77. The van der Waals surface area contributed by atoms with Crippen LogP contribution in [0.15, 0.2) is 0 Å². The lowest BCUT2D eigenvalue weighted by Gasteiger charge is -2.33. The van der Waals surface area contributed by atoms with Gasteiger partial charge in [-0.3, -0.25) is 0 Å². The van der Waals surface area contributed by atoms with Gasteiger partial charge in [0.1, 0.15) is 0 Å². The van der Waals surface area contributed by atoms with Gasteiger partial charge in [-0.2, -0.15) is 0 Å². The lowest BCUT2D eigenvalue weighted by molar-refractivity contribution is 0.0335. The molecule has 2 nitrogen and oxygen atoms in total. The summed E-state index contributed by atoms with van der Waals surface area (Å²) in [6.45, 7) is 1.97. The minimum atomic E-state index is 0.430. The highest BCUT2D eigenvalue weighted by Gasteiger charge is 2.49. The molecule has 1 saturated carbocycles. The van der Waals surface area contributed by atoms with Gasteiger partial charge in [-0.1, -0.05) is 22.4 Å². The Morgan fingerprint density at radius 2 is 2.00 bits per heavy atom. The first-order valence-corrected chi connectivity index (χ1v) is 8.75. The molecule has 3 heteroatoms. The van der Waals surface area contributed by atoms with Crippen LogP contribution < -0.4 is 0 Å². The number of halogens is 1. The van der Waals surface area contributed by atoms with Crippen LogP contribution in [0.1, 0.15) is 51.4 Å². The molecule has 0 N–H and O–H groups in total. The molecule has 2 aliphatic heterocycles. The van der Waals surface area contributed by atoms with Crippen molar-refractivity contribution >= 4 is 15.9 Å². The quantitative estimate of drug-likeness (QED) is 0.691. The first kappa shape index (κ1) is 13.4. The largest absolute Gasteiger partial charge is 0.378 e.